The van der Waals surface area contributed by atoms with E-state index in [1.807, 2.05) is 30.3 Å². The molecule has 4 rings (SSSR count). The maximum absolute atomic E-state index is 12.4. The molecule has 1 aromatic heterocycles. The van der Waals surface area contributed by atoms with Crippen molar-refractivity contribution in [3.8, 4) is 0 Å². The molecule has 0 spiro atoms. The summed E-state index contributed by atoms with van der Waals surface area (Å²) < 4.78 is 5.49. The van der Waals surface area contributed by atoms with Crippen molar-refractivity contribution in [3.63, 3.8) is 0 Å². The minimum atomic E-state index is -0.747. The van der Waals surface area contributed by atoms with Crippen molar-refractivity contribution in [1.82, 2.24) is 0 Å². The predicted molar refractivity (Wildman–Crippen MR) is 109 cm³/mol. The fraction of sp³-hybridized carbons (Fsp3) is 0.100. The van der Waals surface area contributed by atoms with Crippen LogP contribution in [0.5, 0.6) is 0 Å². The number of Topliss-reactive ketones (excluding diaryl/α,β-unsaturated/α-hetero) is 1. The summed E-state index contributed by atoms with van der Waals surface area (Å²) >= 11 is 6.17. The Morgan fingerprint density at radius 2 is 1.83 bits per heavy atom. The zero-order valence-corrected chi connectivity index (χ0v) is 16.0. The summed E-state index contributed by atoms with van der Waals surface area (Å²) in [6, 6.07) is 18.9. The number of nitrogens with zero attached hydrogens (tertiary/aromatic N) is 4. The highest BCUT2D eigenvalue weighted by atomic mass is 35.5. The zero-order chi connectivity index (χ0) is 20.5. The molecule has 2 aromatic carbocycles. The first-order valence-electron chi connectivity index (χ1n) is 8.68. The smallest absolute Gasteiger partial charge is 0.401 e. The molecule has 29 heavy (non-hydrogen) atoms. The zero-order valence-electron chi connectivity index (χ0n) is 15.2. The fourth-order valence-electron chi connectivity index (χ4n) is 3.17. The number of carbonyl (C=O) groups excluding carboxylic acids is 1. The molecular formula is C20H15ClN4O4. The molecule has 0 bridgehead atoms. The second-order valence-corrected chi connectivity index (χ2v) is 6.75. The molecular weight excluding hydrogens is 396 g/mol. The van der Waals surface area contributed by atoms with Crippen LogP contribution in [0.15, 0.2) is 76.2 Å². The summed E-state index contributed by atoms with van der Waals surface area (Å²) in [6.07, 6.45) is -0.747. The Labute approximate surface area is 170 Å². The van der Waals surface area contributed by atoms with E-state index in [1.54, 1.807) is 34.2 Å². The van der Waals surface area contributed by atoms with Gasteiger partial charge in [-0.2, -0.15) is 0 Å². The number of halogens is 1. The van der Waals surface area contributed by atoms with Gasteiger partial charge in [0, 0.05) is 17.6 Å². The number of para-hydroxylation sites is 1. The molecule has 0 aliphatic carbocycles. The van der Waals surface area contributed by atoms with Gasteiger partial charge in [0.15, 0.2) is 23.5 Å². The first-order valence-corrected chi connectivity index (χ1v) is 9.06. The van der Waals surface area contributed by atoms with E-state index in [9.17, 15) is 14.9 Å². The van der Waals surface area contributed by atoms with Gasteiger partial charge in [-0.15, -0.1) is 5.10 Å². The average molecular weight is 411 g/mol. The Morgan fingerprint density at radius 3 is 2.45 bits per heavy atom. The summed E-state index contributed by atoms with van der Waals surface area (Å²) in [5.74, 6) is -0.231. The van der Waals surface area contributed by atoms with Crippen LogP contribution in [0.2, 0.25) is 5.02 Å². The van der Waals surface area contributed by atoms with Crippen LogP contribution in [-0.2, 0) is 4.79 Å². The molecule has 2 heterocycles. The van der Waals surface area contributed by atoms with Gasteiger partial charge in [-0.3, -0.25) is 19.8 Å². The highest BCUT2D eigenvalue weighted by Crippen LogP contribution is 2.40. The van der Waals surface area contributed by atoms with Crippen molar-refractivity contribution < 1.29 is 14.1 Å². The second kappa shape index (κ2) is 7.40. The Kier molecular flexibility index (Phi) is 4.77. The average Bonchev–Trinajstić information content (AvgIpc) is 3.33. The SMILES string of the molecule is CC(=O)C1=NN(c2ccccc2)C(c2ccc([N+](=O)[O-])o2)N1c1cccc(Cl)c1. The summed E-state index contributed by atoms with van der Waals surface area (Å²) in [5, 5.41) is 17.7. The third-order valence-corrected chi connectivity index (χ3v) is 4.61. The van der Waals surface area contributed by atoms with Crippen LogP contribution in [0.3, 0.4) is 0 Å². The number of hydrogen-bond acceptors (Lipinski definition) is 7. The van der Waals surface area contributed by atoms with E-state index in [0.29, 0.717) is 16.4 Å². The summed E-state index contributed by atoms with van der Waals surface area (Å²) in [4.78, 5) is 24.6. The van der Waals surface area contributed by atoms with E-state index in [-0.39, 0.29) is 17.4 Å². The van der Waals surface area contributed by atoms with Gasteiger partial charge < -0.3 is 4.42 Å². The topological polar surface area (TPSA) is 92.2 Å². The summed E-state index contributed by atoms with van der Waals surface area (Å²) in [6.45, 7) is 1.41. The maximum Gasteiger partial charge on any atom is 0.433 e. The number of hydrogen-bond donors (Lipinski definition) is 0. The van der Waals surface area contributed by atoms with Gasteiger partial charge in [-0.05, 0) is 36.4 Å². The molecule has 1 aliphatic heterocycles. The van der Waals surface area contributed by atoms with Gasteiger partial charge in [0.2, 0.25) is 0 Å². The van der Waals surface area contributed by atoms with Crippen LogP contribution in [0, 0.1) is 10.1 Å². The minimum Gasteiger partial charge on any atom is -0.401 e. The number of hydrazone groups is 1. The van der Waals surface area contributed by atoms with Crippen molar-refractivity contribution >= 4 is 40.5 Å². The molecule has 9 heteroatoms. The highest BCUT2D eigenvalue weighted by Gasteiger charge is 2.41. The van der Waals surface area contributed by atoms with Crippen LogP contribution in [-0.4, -0.2) is 16.5 Å². The number of benzene rings is 2. The number of furan rings is 1. The highest BCUT2D eigenvalue weighted by molar-refractivity contribution is 6.44. The van der Waals surface area contributed by atoms with E-state index >= 15 is 0 Å². The molecule has 0 radical (unpaired) electrons. The lowest BCUT2D eigenvalue weighted by molar-refractivity contribution is -0.402. The van der Waals surface area contributed by atoms with E-state index in [2.05, 4.69) is 5.10 Å². The second-order valence-electron chi connectivity index (χ2n) is 6.32. The monoisotopic (exact) mass is 410 g/mol. The van der Waals surface area contributed by atoms with E-state index in [1.165, 1.54) is 19.1 Å². The lowest BCUT2D eigenvalue weighted by atomic mass is 10.2. The standard InChI is InChI=1S/C20H15ClN4O4/c1-13(26)19-22-24(15-7-3-2-4-8-15)20(17-10-11-18(29-17)25(27)28)23(19)16-9-5-6-14(21)12-16/h2-12,20H,1H3. The van der Waals surface area contributed by atoms with E-state index < -0.39 is 17.0 Å². The lowest BCUT2D eigenvalue weighted by Crippen LogP contribution is -2.37. The van der Waals surface area contributed by atoms with Crippen molar-refractivity contribution in [3.05, 3.63) is 87.6 Å². The Balaban J connectivity index is 1.90. The van der Waals surface area contributed by atoms with Crippen molar-refractivity contribution in [1.29, 1.82) is 0 Å². The third-order valence-electron chi connectivity index (χ3n) is 4.38. The van der Waals surface area contributed by atoms with E-state index in [4.69, 9.17) is 16.0 Å². The van der Waals surface area contributed by atoms with Gasteiger partial charge in [-0.1, -0.05) is 35.9 Å². The predicted octanol–water partition coefficient (Wildman–Crippen LogP) is 4.77. The first-order chi connectivity index (χ1) is 14.0. The van der Waals surface area contributed by atoms with Crippen LogP contribution < -0.4 is 9.91 Å². The van der Waals surface area contributed by atoms with E-state index in [0.717, 1.165) is 0 Å². The molecule has 0 fully saturated rings. The van der Waals surface area contributed by atoms with Crippen LogP contribution >= 0.6 is 11.6 Å². The molecule has 146 valence electrons. The fourth-order valence-corrected chi connectivity index (χ4v) is 3.35. The third kappa shape index (κ3) is 3.45. The lowest BCUT2D eigenvalue weighted by Gasteiger charge is -2.30. The van der Waals surface area contributed by atoms with Crippen molar-refractivity contribution in [2.24, 2.45) is 5.10 Å². The molecule has 1 unspecified atom stereocenters. The van der Waals surface area contributed by atoms with Gasteiger partial charge in [0.05, 0.1) is 11.8 Å². The molecule has 0 saturated carbocycles. The maximum atomic E-state index is 12.4. The minimum absolute atomic E-state index is 0.167. The van der Waals surface area contributed by atoms with Gasteiger partial charge in [0.25, 0.3) is 0 Å². The molecule has 1 aliphatic rings. The number of nitro groups is 1. The Morgan fingerprint density at radius 1 is 1.10 bits per heavy atom. The molecule has 3 aromatic rings. The first kappa shape index (κ1) is 18.7. The summed E-state index contributed by atoms with van der Waals surface area (Å²) in [7, 11) is 0. The van der Waals surface area contributed by atoms with Crippen LogP contribution in [0.25, 0.3) is 0 Å². The quantitative estimate of drug-likeness (QED) is 0.444. The van der Waals surface area contributed by atoms with Crippen molar-refractivity contribution in [2.75, 3.05) is 9.91 Å². The number of amidine groups is 1. The molecule has 8 nitrogen and oxygen atoms in total. The van der Waals surface area contributed by atoms with Crippen molar-refractivity contribution in [2.45, 2.75) is 13.1 Å². The van der Waals surface area contributed by atoms with Gasteiger partial charge in [0.1, 0.15) is 4.92 Å². The largest absolute Gasteiger partial charge is 0.433 e. The van der Waals surface area contributed by atoms with Crippen LogP contribution in [0.4, 0.5) is 17.3 Å². The molecule has 0 saturated heterocycles. The number of rotatable bonds is 5. The van der Waals surface area contributed by atoms with Crippen LogP contribution in [0.1, 0.15) is 18.8 Å². The molecule has 0 amide bonds. The Bertz CT molecular complexity index is 1110. The number of anilines is 2. The number of ketones is 1. The van der Waals surface area contributed by atoms with Gasteiger partial charge in [-0.25, -0.2) is 5.01 Å². The normalized spacial score (nSPS) is 16.1. The Hall–Kier alpha value is -3.65. The van der Waals surface area contributed by atoms with Gasteiger partial charge >= 0.3 is 5.88 Å². The summed E-state index contributed by atoms with van der Waals surface area (Å²) in [5.41, 5.74) is 1.30. The molecule has 1 atom stereocenters. The molecule has 0 N–H and O–H groups in total. The number of carbonyl (C=O) groups is 1.